The molecule has 0 atom stereocenters. The average Bonchev–Trinajstić information content (AvgIpc) is 3.17. The molecule has 0 radical (unpaired) electrons. The van der Waals surface area contributed by atoms with Gasteiger partial charge >= 0.3 is 5.97 Å². The first kappa shape index (κ1) is 23.2. The minimum Gasteiger partial charge on any atom is -0.480 e. The van der Waals surface area contributed by atoms with E-state index in [0.717, 1.165) is 29.3 Å². The molecule has 0 unspecified atom stereocenters. The number of thiophene rings is 1. The van der Waals surface area contributed by atoms with Gasteiger partial charge in [-0.3, -0.25) is 14.4 Å². The van der Waals surface area contributed by atoms with Gasteiger partial charge in [-0.2, -0.15) is 11.8 Å². The predicted molar refractivity (Wildman–Crippen MR) is 120 cm³/mol. The maximum atomic E-state index is 12.7. The number of amides is 2. The van der Waals surface area contributed by atoms with Gasteiger partial charge in [0.2, 0.25) is 5.91 Å². The van der Waals surface area contributed by atoms with E-state index in [-0.39, 0.29) is 5.91 Å². The molecule has 8 heteroatoms. The van der Waals surface area contributed by atoms with Crippen LogP contribution in [0.4, 0.5) is 0 Å². The Labute approximate surface area is 179 Å². The summed E-state index contributed by atoms with van der Waals surface area (Å²) in [4.78, 5) is 36.6. The molecule has 1 heterocycles. The summed E-state index contributed by atoms with van der Waals surface area (Å²) in [6.45, 7) is 1.70. The molecule has 3 N–H and O–H groups in total. The Morgan fingerprint density at radius 3 is 2.41 bits per heavy atom. The minimum atomic E-state index is -1.10. The number of carbonyl (C=O) groups is 3. The fraction of sp³-hybridized carbons (Fsp3) is 0.476. The first-order valence-electron chi connectivity index (χ1n) is 9.72. The number of carboxylic acid groups (broad SMARTS) is 1. The quantitative estimate of drug-likeness (QED) is 0.638. The third-order valence-corrected chi connectivity index (χ3v) is 6.52. The van der Waals surface area contributed by atoms with Crippen LogP contribution in [0.5, 0.6) is 0 Å². The van der Waals surface area contributed by atoms with Gasteiger partial charge < -0.3 is 15.7 Å². The van der Waals surface area contributed by atoms with E-state index in [1.807, 2.05) is 42.1 Å². The third-order valence-electron chi connectivity index (χ3n) is 4.83. The zero-order valence-electron chi connectivity index (χ0n) is 16.8. The van der Waals surface area contributed by atoms with Crippen molar-refractivity contribution in [1.29, 1.82) is 0 Å². The number of hydrogen-bond acceptors (Lipinski definition) is 5. The molecule has 2 aromatic rings. The number of nitrogens with one attached hydrogen (secondary N) is 2. The molecule has 2 amide bonds. The van der Waals surface area contributed by atoms with E-state index in [0.29, 0.717) is 17.7 Å². The highest BCUT2D eigenvalue weighted by Gasteiger charge is 2.41. The lowest BCUT2D eigenvalue weighted by molar-refractivity contribution is -0.139. The Morgan fingerprint density at radius 2 is 1.83 bits per heavy atom. The zero-order chi connectivity index (χ0) is 21.3. The van der Waals surface area contributed by atoms with Crippen molar-refractivity contribution >= 4 is 51.0 Å². The second-order valence-electron chi connectivity index (χ2n) is 6.90. The van der Waals surface area contributed by atoms with Crippen molar-refractivity contribution in [2.75, 3.05) is 18.6 Å². The van der Waals surface area contributed by atoms with Crippen molar-refractivity contribution < 1.29 is 19.5 Å². The van der Waals surface area contributed by atoms with Gasteiger partial charge in [0, 0.05) is 4.70 Å². The minimum absolute atomic E-state index is 0.284. The van der Waals surface area contributed by atoms with Crippen LogP contribution in [0.2, 0.25) is 0 Å². The molecule has 0 bridgehead atoms. The zero-order valence-corrected chi connectivity index (χ0v) is 18.5. The molecule has 1 aromatic heterocycles. The Bertz CT molecular complexity index is 809. The summed E-state index contributed by atoms with van der Waals surface area (Å²) in [6, 6.07) is 9.55. The number of benzene rings is 1. The maximum Gasteiger partial charge on any atom is 0.322 e. The number of rotatable bonds is 6. The number of aliphatic carboxylic acids is 1. The second-order valence-corrected chi connectivity index (χ2v) is 9.14. The van der Waals surface area contributed by atoms with Crippen LogP contribution in [0.15, 0.2) is 30.3 Å². The van der Waals surface area contributed by atoms with E-state index in [1.165, 1.54) is 17.1 Å². The molecule has 1 aliphatic rings. The summed E-state index contributed by atoms with van der Waals surface area (Å²) in [5, 5.41) is 15.1. The first-order chi connectivity index (χ1) is 13.9. The average molecular weight is 437 g/mol. The summed E-state index contributed by atoms with van der Waals surface area (Å²) in [5.41, 5.74) is -1.03. The first-order valence-corrected chi connectivity index (χ1v) is 11.9. The summed E-state index contributed by atoms with van der Waals surface area (Å²) in [7, 11) is 0. The van der Waals surface area contributed by atoms with Crippen LogP contribution >= 0.6 is 23.1 Å². The van der Waals surface area contributed by atoms with E-state index < -0.39 is 24.0 Å². The molecule has 1 saturated carbocycles. The van der Waals surface area contributed by atoms with Crippen molar-refractivity contribution in [1.82, 2.24) is 10.6 Å². The summed E-state index contributed by atoms with van der Waals surface area (Å²) in [6.07, 6.45) is 5.80. The van der Waals surface area contributed by atoms with Crippen LogP contribution in [0.3, 0.4) is 0 Å². The van der Waals surface area contributed by atoms with E-state index in [2.05, 4.69) is 23.8 Å². The van der Waals surface area contributed by atoms with Gasteiger partial charge in [-0.15, -0.1) is 11.3 Å². The van der Waals surface area contributed by atoms with Crippen molar-refractivity contribution in [3.05, 3.63) is 35.2 Å². The molecule has 158 valence electrons. The van der Waals surface area contributed by atoms with Gasteiger partial charge in [0.15, 0.2) is 0 Å². The molecule has 0 aliphatic heterocycles. The monoisotopic (exact) mass is 436 g/mol. The van der Waals surface area contributed by atoms with Gasteiger partial charge in [0.1, 0.15) is 12.1 Å². The third kappa shape index (κ3) is 6.47. The van der Waals surface area contributed by atoms with Gasteiger partial charge in [0.25, 0.3) is 5.91 Å². The highest BCUT2D eigenvalue weighted by atomic mass is 32.2. The molecule has 0 spiro atoms. The number of hydrogen-bond donors (Lipinski definition) is 3. The van der Waals surface area contributed by atoms with E-state index in [9.17, 15) is 14.4 Å². The Kier molecular flexibility index (Phi) is 8.98. The van der Waals surface area contributed by atoms with Crippen LogP contribution in [-0.4, -0.2) is 47.0 Å². The number of thioether (sulfide) groups is 1. The lowest BCUT2D eigenvalue weighted by atomic mass is 9.80. The lowest BCUT2D eigenvalue weighted by Gasteiger charge is -2.36. The van der Waals surface area contributed by atoms with Gasteiger partial charge in [-0.05, 0) is 42.4 Å². The van der Waals surface area contributed by atoms with Crippen molar-refractivity contribution in [3.8, 4) is 0 Å². The predicted octanol–water partition coefficient (Wildman–Crippen LogP) is 3.90. The second kappa shape index (κ2) is 11.2. The topological polar surface area (TPSA) is 95.5 Å². The Hall–Kier alpha value is -2.06. The molecular weight excluding hydrogens is 408 g/mol. The van der Waals surface area contributed by atoms with Crippen molar-refractivity contribution in [3.63, 3.8) is 0 Å². The summed E-state index contributed by atoms with van der Waals surface area (Å²) in [5.74, 6) is -0.562. The van der Waals surface area contributed by atoms with Crippen LogP contribution in [0.1, 0.15) is 48.7 Å². The molecule has 1 aromatic carbocycles. The smallest absolute Gasteiger partial charge is 0.322 e. The van der Waals surface area contributed by atoms with Crippen molar-refractivity contribution in [2.24, 2.45) is 0 Å². The molecule has 29 heavy (non-hydrogen) atoms. The highest BCUT2D eigenvalue weighted by Crippen LogP contribution is 2.30. The van der Waals surface area contributed by atoms with E-state index in [4.69, 9.17) is 5.11 Å². The molecule has 6 nitrogen and oxygen atoms in total. The fourth-order valence-electron chi connectivity index (χ4n) is 3.26. The SMILES string of the molecule is CCSC.O=C(O)CNC(=O)C1(NC(=O)c2cc3ccccc3s2)CCCCC1. The Balaban J connectivity index is 0.000000687. The summed E-state index contributed by atoms with van der Waals surface area (Å²) >= 11 is 3.24. The molecule has 1 aliphatic carbocycles. The molecule has 3 rings (SSSR count). The standard InChI is InChI=1S/C18H20N2O4S.C3H8S/c21-15(22)11-19-17(24)18(8-4-1-5-9-18)20-16(23)14-10-12-6-2-3-7-13(12)25-14;1-3-4-2/h2-3,6-7,10H,1,4-5,8-9,11H2,(H,19,24)(H,20,23)(H,21,22);3H2,1-2H3. The number of carboxylic acids is 1. The largest absolute Gasteiger partial charge is 0.480 e. The normalized spacial score (nSPS) is 15.1. The lowest BCUT2D eigenvalue weighted by Crippen LogP contribution is -2.60. The highest BCUT2D eigenvalue weighted by molar-refractivity contribution is 7.98. The van der Waals surface area contributed by atoms with Crippen LogP contribution in [0, 0.1) is 0 Å². The number of carbonyl (C=O) groups excluding carboxylic acids is 2. The molecular formula is C21H28N2O4S2. The fourth-order valence-corrected chi connectivity index (χ4v) is 4.22. The van der Waals surface area contributed by atoms with Gasteiger partial charge in [-0.25, -0.2) is 0 Å². The van der Waals surface area contributed by atoms with Gasteiger partial charge in [0.05, 0.1) is 4.88 Å². The van der Waals surface area contributed by atoms with Crippen LogP contribution < -0.4 is 10.6 Å². The van der Waals surface area contributed by atoms with Crippen LogP contribution in [-0.2, 0) is 9.59 Å². The van der Waals surface area contributed by atoms with E-state index >= 15 is 0 Å². The maximum absolute atomic E-state index is 12.7. The van der Waals surface area contributed by atoms with E-state index in [1.54, 1.807) is 0 Å². The van der Waals surface area contributed by atoms with Crippen LogP contribution in [0.25, 0.3) is 10.1 Å². The molecule has 1 fully saturated rings. The van der Waals surface area contributed by atoms with Crippen molar-refractivity contribution in [2.45, 2.75) is 44.6 Å². The molecule has 0 saturated heterocycles. The Morgan fingerprint density at radius 1 is 1.17 bits per heavy atom. The summed E-state index contributed by atoms with van der Waals surface area (Å²) < 4.78 is 1.01. The number of fused-ring (bicyclic) bond motifs is 1. The van der Waals surface area contributed by atoms with Gasteiger partial charge in [-0.1, -0.05) is 44.4 Å².